The summed E-state index contributed by atoms with van der Waals surface area (Å²) in [6.07, 6.45) is 0.724. The molecule has 0 heterocycles. The Morgan fingerprint density at radius 1 is 1.19 bits per heavy atom. The van der Waals surface area contributed by atoms with Crippen molar-refractivity contribution in [1.29, 1.82) is 0 Å². The average molecular weight is 486 g/mol. The molecule has 8 heteroatoms. The van der Waals surface area contributed by atoms with E-state index in [0.717, 1.165) is 17.5 Å². The molecule has 0 atom stereocenters. The lowest BCUT2D eigenvalue weighted by molar-refractivity contribution is -0.385. The Balaban J connectivity index is 0.00000364. The molecule has 2 rings (SSSR count). The second-order valence-corrected chi connectivity index (χ2v) is 5.83. The summed E-state index contributed by atoms with van der Waals surface area (Å²) in [6.45, 7) is 5.34. The molecule has 0 aromatic heterocycles. The minimum absolute atomic E-state index is 0. The Morgan fingerprint density at radius 3 is 2.59 bits per heavy atom. The van der Waals surface area contributed by atoms with Crippen LogP contribution in [0.2, 0.25) is 0 Å². The van der Waals surface area contributed by atoms with Crippen molar-refractivity contribution in [3.63, 3.8) is 0 Å². The number of rotatable bonds is 7. The van der Waals surface area contributed by atoms with Crippen LogP contribution in [0.5, 0.6) is 0 Å². The maximum atomic E-state index is 13.2. The SMILES string of the molecule is CCNC(=NCc1ccccc1[N+](=O)[O-])NCCc1ccc(F)cc1C.I. The number of hydrogen-bond donors (Lipinski definition) is 2. The van der Waals surface area contributed by atoms with E-state index >= 15 is 0 Å². The lowest BCUT2D eigenvalue weighted by atomic mass is 10.1. The van der Waals surface area contributed by atoms with E-state index in [1.54, 1.807) is 24.3 Å². The Kier molecular flexibility index (Phi) is 9.70. The Labute approximate surface area is 175 Å². The molecule has 0 radical (unpaired) electrons. The van der Waals surface area contributed by atoms with Gasteiger partial charge in [0.15, 0.2) is 5.96 Å². The zero-order valence-electron chi connectivity index (χ0n) is 15.4. The molecule has 0 saturated carbocycles. The summed E-state index contributed by atoms with van der Waals surface area (Å²) in [5, 5.41) is 17.4. The zero-order chi connectivity index (χ0) is 18.9. The van der Waals surface area contributed by atoms with Crippen molar-refractivity contribution in [2.24, 2.45) is 4.99 Å². The molecule has 6 nitrogen and oxygen atoms in total. The third kappa shape index (κ3) is 7.12. The van der Waals surface area contributed by atoms with E-state index in [1.165, 1.54) is 18.2 Å². The van der Waals surface area contributed by atoms with Gasteiger partial charge in [-0.15, -0.1) is 24.0 Å². The molecular formula is C19H24FIN4O2. The van der Waals surface area contributed by atoms with E-state index in [-0.39, 0.29) is 42.0 Å². The van der Waals surface area contributed by atoms with Crippen LogP contribution in [0.3, 0.4) is 0 Å². The highest BCUT2D eigenvalue weighted by molar-refractivity contribution is 14.0. The molecular weight excluding hydrogens is 462 g/mol. The fourth-order valence-corrected chi connectivity index (χ4v) is 2.58. The average Bonchev–Trinajstić information content (AvgIpc) is 2.61. The number of benzene rings is 2. The topological polar surface area (TPSA) is 79.6 Å². The second-order valence-electron chi connectivity index (χ2n) is 5.83. The van der Waals surface area contributed by atoms with Gasteiger partial charge in [-0.1, -0.05) is 24.3 Å². The van der Waals surface area contributed by atoms with Crippen LogP contribution in [0.25, 0.3) is 0 Å². The summed E-state index contributed by atoms with van der Waals surface area (Å²) in [5.41, 5.74) is 2.60. The molecule has 2 aromatic carbocycles. The summed E-state index contributed by atoms with van der Waals surface area (Å²) in [5.74, 6) is 0.351. The molecule has 0 spiro atoms. The van der Waals surface area contributed by atoms with Crippen molar-refractivity contribution >= 4 is 35.6 Å². The van der Waals surface area contributed by atoms with Crippen molar-refractivity contribution in [2.45, 2.75) is 26.8 Å². The molecule has 0 fully saturated rings. The van der Waals surface area contributed by atoms with Gasteiger partial charge in [-0.3, -0.25) is 10.1 Å². The van der Waals surface area contributed by atoms with E-state index < -0.39 is 4.92 Å². The first-order valence-corrected chi connectivity index (χ1v) is 8.50. The van der Waals surface area contributed by atoms with Gasteiger partial charge < -0.3 is 10.6 Å². The van der Waals surface area contributed by atoms with Crippen molar-refractivity contribution in [3.05, 3.63) is 75.1 Å². The Morgan fingerprint density at radius 2 is 1.93 bits per heavy atom. The quantitative estimate of drug-likeness (QED) is 0.204. The van der Waals surface area contributed by atoms with Crippen LogP contribution in [0, 0.1) is 22.9 Å². The van der Waals surface area contributed by atoms with Crippen molar-refractivity contribution in [1.82, 2.24) is 10.6 Å². The third-order valence-electron chi connectivity index (χ3n) is 3.93. The lowest BCUT2D eigenvalue weighted by Gasteiger charge is -2.12. The van der Waals surface area contributed by atoms with Crippen LogP contribution >= 0.6 is 24.0 Å². The van der Waals surface area contributed by atoms with E-state index in [0.29, 0.717) is 24.6 Å². The lowest BCUT2D eigenvalue weighted by Crippen LogP contribution is -2.38. The van der Waals surface area contributed by atoms with Crippen LogP contribution in [0.1, 0.15) is 23.6 Å². The minimum Gasteiger partial charge on any atom is -0.357 e. The van der Waals surface area contributed by atoms with Gasteiger partial charge in [0, 0.05) is 19.2 Å². The molecule has 0 unspecified atom stereocenters. The number of hydrogen-bond acceptors (Lipinski definition) is 3. The van der Waals surface area contributed by atoms with Gasteiger partial charge in [0.2, 0.25) is 0 Å². The van der Waals surface area contributed by atoms with Crippen LogP contribution < -0.4 is 10.6 Å². The molecule has 0 aliphatic carbocycles. The van der Waals surface area contributed by atoms with E-state index in [2.05, 4.69) is 15.6 Å². The standard InChI is InChI=1S/C19H23FN4O2.HI/c1-3-21-19(22-11-10-15-8-9-17(20)12-14(15)2)23-13-16-6-4-5-7-18(16)24(25)26;/h4-9,12H,3,10-11,13H2,1-2H3,(H2,21,22,23);1H. The molecule has 2 N–H and O–H groups in total. The van der Waals surface area contributed by atoms with Crippen LogP contribution in [-0.2, 0) is 13.0 Å². The highest BCUT2D eigenvalue weighted by Gasteiger charge is 2.11. The first-order valence-electron chi connectivity index (χ1n) is 8.50. The number of aliphatic imine (C=N–C) groups is 1. The van der Waals surface area contributed by atoms with Crippen LogP contribution in [0.4, 0.5) is 10.1 Å². The first kappa shape index (κ1) is 22.8. The monoisotopic (exact) mass is 486 g/mol. The van der Waals surface area contributed by atoms with E-state index in [1.807, 2.05) is 13.8 Å². The number of nitrogens with one attached hydrogen (secondary N) is 2. The Hall–Kier alpha value is -2.23. The van der Waals surface area contributed by atoms with Gasteiger partial charge in [0.05, 0.1) is 17.0 Å². The minimum atomic E-state index is -0.400. The summed E-state index contributed by atoms with van der Waals surface area (Å²) in [4.78, 5) is 15.1. The van der Waals surface area contributed by atoms with Gasteiger partial charge in [0.25, 0.3) is 5.69 Å². The predicted molar refractivity (Wildman–Crippen MR) is 116 cm³/mol. The summed E-state index contributed by atoms with van der Waals surface area (Å²) < 4.78 is 13.2. The number of halogens is 2. The number of nitrogens with zero attached hydrogens (tertiary/aromatic N) is 2. The summed E-state index contributed by atoms with van der Waals surface area (Å²) in [6, 6.07) is 11.3. The first-order chi connectivity index (χ1) is 12.5. The van der Waals surface area contributed by atoms with Gasteiger partial charge >= 0.3 is 0 Å². The number of aryl methyl sites for hydroxylation is 1. The molecule has 0 bridgehead atoms. The van der Waals surface area contributed by atoms with Crippen LogP contribution in [-0.4, -0.2) is 24.0 Å². The van der Waals surface area contributed by atoms with E-state index in [9.17, 15) is 14.5 Å². The van der Waals surface area contributed by atoms with Crippen molar-refractivity contribution < 1.29 is 9.31 Å². The van der Waals surface area contributed by atoms with Crippen LogP contribution in [0.15, 0.2) is 47.5 Å². The highest BCUT2D eigenvalue weighted by Crippen LogP contribution is 2.18. The number of nitro groups is 1. The molecule has 0 saturated heterocycles. The fraction of sp³-hybridized carbons (Fsp3) is 0.316. The van der Waals surface area contributed by atoms with Gasteiger partial charge in [-0.05, 0) is 43.5 Å². The summed E-state index contributed by atoms with van der Waals surface area (Å²) >= 11 is 0. The van der Waals surface area contributed by atoms with Gasteiger partial charge in [-0.25, -0.2) is 9.38 Å². The zero-order valence-corrected chi connectivity index (χ0v) is 17.7. The summed E-state index contributed by atoms with van der Waals surface area (Å²) in [7, 11) is 0. The number of guanidine groups is 1. The normalized spacial score (nSPS) is 10.9. The van der Waals surface area contributed by atoms with Crippen molar-refractivity contribution in [2.75, 3.05) is 13.1 Å². The molecule has 2 aromatic rings. The van der Waals surface area contributed by atoms with Gasteiger partial charge in [-0.2, -0.15) is 0 Å². The number of nitro benzene ring substituents is 1. The highest BCUT2D eigenvalue weighted by atomic mass is 127. The molecule has 27 heavy (non-hydrogen) atoms. The smallest absolute Gasteiger partial charge is 0.274 e. The second kappa shape index (κ2) is 11.5. The molecule has 0 aliphatic rings. The molecule has 146 valence electrons. The fourth-order valence-electron chi connectivity index (χ4n) is 2.58. The Bertz CT molecular complexity index is 799. The maximum absolute atomic E-state index is 13.2. The maximum Gasteiger partial charge on any atom is 0.274 e. The molecule has 0 amide bonds. The van der Waals surface area contributed by atoms with E-state index in [4.69, 9.17) is 0 Å². The third-order valence-corrected chi connectivity index (χ3v) is 3.93. The van der Waals surface area contributed by atoms with Crippen molar-refractivity contribution in [3.8, 4) is 0 Å². The molecule has 0 aliphatic heterocycles. The predicted octanol–water partition coefficient (Wildman–Crippen LogP) is 3.96. The number of para-hydroxylation sites is 1. The van der Waals surface area contributed by atoms with Gasteiger partial charge in [0.1, 0.15) is 5.82 Å². The largest absolute Gasteiger partial charge is 0.357 e.